The number of epoxide rings is 1. The van der Waals surface area contributed by atoms with Crippen molar-refractivity contribution in [3.8, 4) is 0 Å². The number of allylic oxidation sites excluding steroid dienone is 1. The Labute approximate surface area is 355 Å². The maximum absolute atomic E-state index is 12.6. The standard InChI is InChI=1S/C47H90NO9P/c1-3-5-7-8-9-10-11-12-13-14-15-16-17-18-19-20-21-22-27-30-34-38-47(50)56-43(42-55-58(51,52)54-40-39-48)41-53-46(49)37-33-29-26-24-23-25-28-32-36-45-44(57-45)35-31-6-4-2/h28,32,43-45H,3-27,29-31,33-42,48H2,1-2H3,(H,51,52)/b32-28-/t43-,44?,45?/m1/s1. The van der Waals surface area contributed by atoms with Crippen LogP contribution in [0.15, 0.2) is 12.2 Å². The molecule has 0 aromatic heterocycles. The summed E-state index contributed by atoms with van der Waals surface area (Å²) in [6.07, 6.45) is 44.2. The fourth-order valence-corrected chi connectivity index (χ4v) is 8.11. The van der Waals surface area contributed by atoms with E-state index < -0.39 is 32.5 Å². The van der Waals surface area contributed by atoms with Crippen LogP contribution in [-0.4, -0.2) is 61.5 Å². The fourth-order valence-electron chi connectivity index (χ4n) is 7.35. The third-order valence-electron chi connectivity index (χ3n) is 11.1. The molecule has 3 N–H and O–H groups in total. The third kappa shape index (κ3) is 36.6. The highest BCUT2D eigenvalue weighted by Gasteiger charge is 2.36. The number of hydrogen-bond donors (Lipinski definition) is 2. The number of rotatable bonds is 45. The van der Waals surface area contributed by atoms with Crippen LogP contribution in [0, 0.1) is 0 Å². The Bertz CT molecular complexity index is 1030. The highest BCUT2D eigenvalue weighted by atomic mass is 31.2. The van der Waals surface area contributed by atoms with Crippen LogP contribution in [0.2, 0.25) is 0 Å². The number of esters is 2. The summed E-state index contributed by atoms with van der Waals surface area (Å²) < 4.78 is 38.6. The average molecular weight is 844 g/mol. The first-order chi connectivity index (χ1) is 28.3. The Morgan fingerprint density at radius 3 is 1.59 bits per heavy atom. The Kier molecular flexibility index (Phi) is 37.6. The molecular weight excluding hydrogens is 753 g/mol. The molecule has 0 bridgehead atoms. The summed E-state index contributed by atoms with van der Waals surface area (Å²) in [5.74, 6) is -0.837. The first-order valence-corrected chi connectivity index (χ1v) is 25.8. The molecule has 58 heavy (non-hydrogen) atoms. The minimum absolute atomic E-state index is 0.0519. The molecule has 1 rings (SSSR count). The number of carbonyl (C=O) groups is 2. The van der Waals surface area contributed by atoms with Crippen LogP contribution in [-0.2, 0) is 37.4 Å². The van der Waals surface area contributed by atoms with Gasteiger partial charge < -0.3 is 24.8 Å². The van der Waals surface area contributed by atoms with Crippen LogP contribution in [0.3, 0.4) is 0 Å². The van der Waals surface area contributed by atoms with Gasteiger partial charge in [-0.25, -0.2) is 4.57 Å². The zero-order chi connectivity index (χ0) is 42.2. The van der Waals surface area contributed by atoms with Crippen molar-refractivity contribution in [2.24, 2.45) is 5.73 Å². The largest absolute Gasteiger partial charge is 0.472 e. The maximum atomic E-state index is 12.6. The molecule has 0 aliphatic carbocycles. The topological polar surface area (TPSA) is 147 Å². The Hall–Kier alpha value is -1.29. The first kappa shape index (κ1) is 54.7. The molecule has 1 heterocycles. The minimum Gasteiger partial charge on any atom is -0.462 e. The van der Waals surface area contributed by atoms with Gasteiger partial charge in [0.25, 0.3) is 0 Å². The Balaban J connectivity index is 2.10. The number of hydrogen-bond acceptors (Lipinski definition) is 9. The number of carbonyl (C=O) groups excluding carboxylic acids is 2. The zero-order valence-corrected chi connectivity index (χ0v) is 38.4. The maximum Gasteiger partial charge on any atom is 0.472 e. The van der Waals surface area contributed by atoms with E-state index in [2.05, 4.69) is 26.0 Å². The van der Waals surface area contributed by atoms with Crippen molar-refractivity contribution in [2.45, 2.75) is 250 Å². The molecular formula is C47H90NO9P. The van der Waals surface area contributed by atoms with Crippen LogP contribution < -0.4 is 5.73 Å². The molecule has 0 amide bonds. The molecule has 0 aromatic rings. The molecule has 1 aliphatic rings. The molecule has 0 saturated carbocycles. The van der Waals surface area contributed by atoms with Crippen LogP contribution in [0.5, 0.6) is 0 Å². The van der Waals surface area contributed by atoms with Gasteiger partial charge in [0, 0.05) is 19.4 Å². The van der Waals surface area contributed by atoms with Gasteiger partial charge >= 0.3 is 19.8 Å². The predicted molar refractivity (Wildman–Crippen MR) is 238 cm³/mol. The number of ether oxygens (including phenoxy) is 3. The molecule has 1 fully saturated rings. The van der Waals surface area contributed by atoms with Gasteiger partial charge in [-0.2, -0.15) is 0 Å². The van der Waals surface area contributed by atoms with E-state index in [0.29, 0.717) is 25.0 Å². The second-order valence-electron chi connectivity index (χ2n) is 16.7. The second-order valence-corrected chi connectivity index (χ2v) is 18.2. The smallest absolute Gasteiger partial charge is 0.462 e. The summed E-state index contributed by atoms with van der Waals surface area (Å²) >= 11 is 0. The van der Waals surface area contributed by atoms with Crippen molar-refractivity contribution in [3.05, 3.63) is 12.2 Å². The number of unbranched alkanes of at least 4 members (excludes halogenated alkanes) is 27. The number of phosphoric acid groups is 1. The Morgan fingerprint density at radius 2 is 1.07 bits per heavy atom. The minimum atomic E-state index is -4.38. The van der Waals surface area contributed by atoms with Crippen molar-refractivity contribution in [1.29, 1.82) is 0 Å². The van der Waals surface area contributed by atoms with Gasteiger partial charge in [-0.05, 0) is 38.5 Å². The summed E-state index contributed by atoms with van der Waals surface area (Å²) in [6.45, 7) is 3.72. The van der Waals surface area contributed by atoms with Crippen LogP contribution in [0.4, 0.5) is 0 Å². The third-order valence-corrected chi connectivity index (χ3v) is 12.1. The van der Waals surface area contributed by atoms with Crippen molar-refractivity contribution in [1.82, 2.24) is 0 Å². The number of nitrogens with two attached hydrogens (primary N) is 1. The number of phosphoric ester groups is 1. The Morgan fingerprint density at radius 1 is 0.603 bits per heavy atom. The van der Waals surface area contributed by atoms with Gasteiger partial charge in [-0.1, -0.05) is 193 Å². The van der Waals surface area contributed by atoms with Gasteiger partial charge in [0.05, 0.1) is 25.4 Å². The van der Waals surface area contributed by atoms with Crippen LogP contribution >= 0.6 is 7.82 Å². The first-order valence-electron chi connectivity index (χ1n) is 24.3. The van der Waals surface area contributed by atoms with Crippen LogP contribution in [0.25, 0.3) is 0 Å². The summed E-state index contributed by atoms with van der Waals surface area (Å²) in [6, 6.07) is 0. The molecule has 4 atom stereocenters. The molecule has 10 nitrogen and oxygen atoms in total. The van der Waals surface area contributed by atoms with E-state index >= 15 is 0 Å². The van der Waals surface area contributed by atoms with Gasteiger partial charge in [0.1, 0.15) is 6.61 Å². The quantitative estimate of drug-likeness (QED) is 0.0200. The molecule has 3 unspecified atom stereocenters. The lowest BCUT2D eigenvalue weighted by Crippen LogP contribution is -2.29. The lowest BCUT2D eigenvalue weighted by atomic mass is 10.0. The monoisotopic (exact) mass is 844 g/mol. The molecule has 0 spiro atoms. The molecule has 11 heteroatoms. The average Bonchev–Trinajstić information content (AvgIpc) is 3.97. The highest BCUT2D eigenvalue weighted by Crippen LogP contribution is 2.43. The van der Waals surface area contributed by atoms with Crippen molar-refractivity contribution in [2.75, 3.05) is 26.4 Å². The van der Waals surface area contributed by atoms with E-state index in [9.17, 15) is 19.0 Å². The molecule has 342 valence electrons. The zero-order valence-electron chi connectivity index (χ0n) is 37.5. The summed E-state index contributed by atoms with van der Waals surface area (Å²) in [5.41, 5.74) is 5.36. The van der Waals surface area contributed by atoms with E-state index in [0.717, 1.165) is 51.4 Å². The molecule has 0 aromatic carbocycles. The van der Waals surface area contributed by atoms with Crippen molar-refractivity contribution >= 4 is 19.8 Å². The van der Waals surface area contributed by atoms with Gasteiger partial charge in [-0.3, -0.25) is 18.6 Å². The van der Waals surface area contributed by atoms with Gasteiger partial charge in [0.15, 0.2) is 6.10 Å². The van der Waals surface area contributed by atoms with E-state index in [4.69, 9.17) is 29.0 Å². The summed E-state index contributed by atoms with van der Waals surface area (Å²) in [4.78, 5) is 35.0. The normalized spacial score (nSPS) is 16.8. The fraction of sp³-hybridized carbons (Fsp3) is 0.915. The molecule has 0 radical (unpaired) electrons. The van der Waals surface area contributed by atoms with Crippen LogP contribution in [0.1, 0.15) is 232 Å². The van der Waals surface area contributed by atoms with E-state index in [1.807, 2.05) is 0 Å². The molecule has 1 saturated heterocycles. The summed E-state index contributed by atoms with van der Waals surface area (Å²) in [5, 5.41) is 0. The predicted octanol–water partition coefficient (Wildman–Crippen LogP) is 13.2. The van der Waals surface area contributed by atoms with E-state index in [1.54, 1.807) is 0 Å². The lowest BCUT2D eigenvalue weighted by molar-refractivity contribution is -0.161. The second kappa shape index (κ2) is 39.8. The lowest BCUT2D eigenvalue weighted by Gasteiger charge is -2.19. The molecule has 1 aliphatic heterocycles. The van der Waals surface area contributed by atoms with E-state index in [-0.39, 0.29) is 32.6 Å². The van der Waals surface area contributed by atoms with Gasteiger partial charge in [-0.15, -0.1) is 0 Å². The highest BCUT2D eigenvalue weighted by molar-refractivity contribution is 7.47. The SMILES string of the molecule is CCCCCCCCCCCCCCCCCCCCCCCC(=O)O[C@H](COC(=O)CCCCCCC/C=C\CC1OC1CCCCC)COP(=O)(O)OCCN. The van der Waals surface area contributed by atoms with Crippen molar-refractivity contribution in [3.63, 3.8) is 0 Å². The summed E-state index contributed by atoms with van der Waals surface area (Å²) in [7, 11) is -4.38. The van der Waals surface area contributed by atoms with Gasteiger partial charge in [0.2, 0.25) is 0 Å². The van der Waals surface area contributed by atoms with E-state index in [1.165, 1.54) is 141 Å². The van der Waals surface area contributed by atoms with Crippen molar-refractivity contribution < 1.29 is 42.3 Å².